The highest BCUT2D eigenvalue weighted by Crippen LogP contribution is 1.84. The van der Waals surface area contributed by atoms with Gasteiger partial charge in [0.2, 0.25) is 6.41 Å². The molecule has 2 nitrogen and oxygen atoms in total. The standard InChI is InChI=1S/C5H9NOS/c1-5(3-8)2-6-4-7/h3-5H,2H2,1H3,(H,6,7). The van der Waals surface area contributed by atoms with Gasteiger partial charge >= 0.3 is 0 Å². The molecule has 1 amide bonds. The van der Waals surface area contributed by atoms with E-state index in [1.165, 1.54) is 0 Å². The van der Waals surface area contributed by atoms with Crippen molar-refractivity contribution < 1.29 is 4.79 Å². The van der Waals surface area contributed by atoms with Crippen LogP contribution in [0.4, 0.5) is 0 Å². The van der Waals surface area contributed by atoms with Crippen molar-refractivity contribution in [1.82, 2.24) is 5.32 Å². The van der Waals surface area contributed by atoms with Crippen LogP contribution in [0.3, 0.4) is 0 Å². The van der Waals surface area contributed by atoms with Crippen LogP contribution in [0.15, 0.2) is 0 Å². The van der Waals surface area contributed by atoms with Gasteiger partial charge in [0.25, 0.3) is 0 Å². The van der Waals surface area contributed by atoms with Crippen LogP contribution in [0, 0.1) is 5.92 Å². The lowest BCUT2D eigenvalue weighted by molar-refractivity contribution is -0.109. The molecule has 1 atom stereocenters. The van der Waals surface area contributed by atoms with Gasteiger partial charge in [-0.15, -0.1) is 0 Å². The molecule has 0 saturated carbocycles. The van der Waals surface area contributed by atoms with Gasteiger partial charge in [0.15, 0.2) is 0 Å². The molecule has 0 radical (unpaired) electrons. The molecule has 8 heavy (non-hydrogen) atoms. The number of amides is 1. The molecule has 0 aliphatic heterocycles. The third-order valence-corrected chi connectivity index (χ3v) is 1.22. The fourth-order valence-corrected chi connectivity index (χ4v) is 0.378. The number of thiocarbonyl (C=S) groups is 1. The molecule has 0 bridgehead atoms. The van der Waals surface area contributed by atoms with Gasteiger partial charge in [0, 0.05) is 12.5 Å². The number of nitrogens with one attached hydrogen (secondary N) is 1. The van der Waals surface area contributed by atoms with E-state index in [4.69, 9.17) is 0 Å². The lowest BCUT2D eigenvalue weighted by atomic mass is 10.2. The highest BCUT2D eigenvalue weighted by atomic mass is 32.1. The normalized spacial score (nSPS) is 12.1. The molecule has 0 aromatic carbocycles. The Morgan fingerprint density at radius 1 is 1.88 bits per heavy atom. The average molecular weight is 131 g/mol. The maximum absolute atomic E-state index is 9.67. The van der Waals surface area contributed by atoms with Crippen molar-refractivity contribution in [3.63, 3.8) is 0 Å². The summed E-state index contributed by atoms with van der Waals surface area (Å²) in [6.07, 6.45) is 0.676. The summed E-state index contributed by atoms with van der Waals surface area (Å²) in [5.74, 6) is 0.301. The van der Waals surface area contributed by atoms with Gasteiger partial charge in [-0.1, -0.05) is 19.1 Å². The molecular formula is C5H9NOS. The van der Waals surface area contributed by atoms with Crippen molar-refractivity contribution in [2.75, 3.05) is 6.54 Å². The summed E-state index contributed by atoms with van der Waals surface area (Å²) < 4.78 is 0. The second kappa shape index (κ2) is 4.71. The van der Waals surface area contributed by atoms with Crippen LogP contribution < -0.4 is 5.32 Å². The fourth-order valence-electron chi connectivity index (χ4n) is 0.282. The van der Waals surface area contributed by atoms with Gasteiger partial charge in [-0.05, 0) is 5.37 Å². The third-order valence-electron chi connectivity index (χ3n) is 0.755. The fraction of sp³-hybridized carbons (Fsp3) is 0.600. The molecule has 3 heteroatoms. The van der Waals surface area contributed by atoms with Gasteiger partial charge in [0.1, 0.15) is 0 Å². The minimum absolute atomic E-state index is 0.301. The maximum Gasteiger partial charge on any atom is 0.207 e. The molecule has 0 rings (SSSR count). The molecule has 0 aliphatic carbocycles. The summed E-state index contributed by atoms with van der Waals surface area (Å²) in [6, 6.07) is 0. The Morgan fingerprint density at radius 2 is 2.50 bits per heavy atom. The van der Waals surface area contributed by atoms with Crippen LogP contribution >= 0.6 is 12.2 Å². The van der Waals surface area contributed by atoms with Gasteiger partial charge in [-0.3, -0.25) is 4.79 Å². The van der Waals surface area contributed by atoms with E-state index in [0.717, 1.165) is 0 Å². The van der Waals surface area contributed by atoms with E-state index >= 15 is 0 Å². The second-order valence-electron chi connectivity index (χ2n) is 1.64. The number of carbonyl (C=O) groups is 1. The highest BCUT2D eigenvalue weighted by molar-refractivity contribution is 7.79. The molecule has 0 aromatic rings. The first-order valence-electron chi connectivity index (χ1n) is 2.43. The summed E-state index contributed by atoms with van der Waals surface area (Å²) in [6.45, 7) is 2.59. The van der Waals surface area contributed by atoms with E-state index < -0.39 is 0 Å². The summed E-state index contributed by atoms with van der Waals surface area (Å²) in [5.41, 5.74) is 0. The third kappa shape index (κ3) is 3.74. The summed E-state index contributed by atoms with van der Waals surface area (Å²) in [7, 11) is 0. The smallest absolute Gasteiger partial charge is 0.207 e. The van der Waals surface area contributed by atoms with Crippen LogP contribution in [-0.2, 0) is 4.79 Å². The maximum atomic E-state index is 9.67. The largest absolute Gasteiger partial charge is 0.358 e. The zero-order valence-corrected chi connectivity index (χ0v) is 5.57. The van der Waals surface area contributed by atoms with E-state index in [1.807, 2.05) is 6.92 Å². The number of hydrogen-bond acceptors (Lipinski definition) is 2. The first kappa shape index (κ1) is 7.56. The molecule has 0 saturated heterocycles. The molecule has 1 N–H and O–H groups in total. The van der Waals surface area contributed by atoms with Gasteiger partial charge in [-0.2, -0.15) is 0 Å². The summed E-state index contributed by atoms with van der Waals surface area (Å²) >= 11 is 4.61. The molecule has 0 fully saturated rings. The predicted octanol–water partition coefficient (Wildman–Crippen LogP) is 0.368. The van der Waals surface area contributed by atoms with Crippen molar-refractivity contribution in [3.8, 4) is 0 Å². The van der Waals surface area contributed by atoms with E-state index in [1.54, 1.807) is 5.37 Å². The Hall–Kier alpha value is -0.440. The van der Waals surface area contributed by atoms with Crippen molar-refractivity contribution in [2.45, 2.75) is 6.92 Å². The highest BCUT2D eigenvalue weighted by Gasteiger charge is 1.91. The van der Waals surface area contributed by atoms with Crippen molar-refractivity contribution in [1.29, 1.82) is 0 Å². The molecular weight excluding hydrogens is 122 g/mol. The van der Waals surface area contributed by atoms with Crippen LogP contribution in [-0.4, -0.2) is 18.3 Å². The van der Waals surface area contributed by atoms with Crippen molar-refractivity contribution in [2.24, 2.45) is 5.92 Å². The van der Waals surface area contributed by atoms with Crippen LogP contribution in [0.25, 0.3) is 0 Å². The Kier molecular flexibility index (Phi) is 4.45. The predicted molar refractivity (Wildman–Crippen MR) is 36.9 cm³/mol. The number of hydrogen-bond donors (Lipinski definition) is 1. The van der Waals surface area contributed by atoms with E-state index in [9.17, 15) is 4.79 Å². The zero-order chi connectivity index (χ0) is 6.41. The molecule has 1 unspecified atom stereocenters. The molecule has 0 aliphatic rings. The first-order valence-corrected chi connectivity index (χ1v) is 2.90. The molecule has 46 valence electrons. The Bertz CT molecular complexity index is 84.5. The Balaban J connectivity index is 3.09. The van der Waals surface area contributed by atoms with Crippen LogP contribution in [0.5, 0.6) is 0 Å². The van der Waals surface area contributed by atoms with E-state index in [2.05, 4.69) is 17.5 Å². The monoisotopic (exact) mass is 131 g/mol. The van der Waals surface area contributed by atoms with Gasteiger partial charge in [-0.25, -0.2) is 0 Å². The van der Waals surface area contributed by atoms with Crippen molar-refractivity contribution >= 4 is 24.0 Å². The summed E-state index contributed by atoms with van der Waals surface area (Å²) in [5, 5.41) is 4.16. The second-order valence-corrected chi connectivity index (χ2v) is 1.91. The zero-order valence-electron chi connectivity index (χ0n) is 4.76. The first-order chi connectivity index (χ1) is 3.81. The van der Waals surface area contributed by atoms with E-state index in [0.29, 0.717) is 18.9 Å². The summed E-state index contributed by atoms with van der Waals surface area (Å²) in [4.78, 5) is 9.67. The lowest BCUT2D eigenvalue weighted by Gasteiger charge is -1.99. The Morgan fingerprint density at radius 3 is 2.88 bits per heavy atom. The lowest BCUT2D eigenvalue weighted by Crippen LogP contribution is -2.19. The minimum atomic E-state index is 0.301. The minimum Gasteiger partial charge on any atom is -0.358 e. The number of rotatable bonds is 4. The van der Waals surface area contributed by atoms with Crippen LogP contribution in [0.2, 0.25) is 0 Å². The Labute approximate surface area is 54.3 Å². The average Bonchev–Trinajstić information content (AvgIpc) is 1.83. The van der Waals surface area contributed by atoms with Gasteiger partial charge in [0.05, 0.1) is 0 Å². The molecule has 0 aromatic heterocycles. The topological polar surface area (TPSA) is 29.1 Å². The van der Waals surface area contributed by atoms with Crippen LogP contribution in [0.1, 0.15) is 6.92 Å². The SMILES string of the molecule is CC(C=S)CNC=O. The van der Waals surface area contributed by atoms with Gasteiger partial charge < -0.3 is 5.32 Å². The molecule has 0 heterocycles. The van der Waals surface area contributed by atoms with E-state index in [-0.39, 0.29) is 0 Å². The molecule has 0 spiro atoms. The number of carbonyl (C=O) groups excluding carboxylic acids is 1. The van der Waals surface area contributed by atoms with Crippen molar-refractivity contribution in [3.05, 3.63) is 0 Å². The quantitative estimate of drug-likeness (QED) is 0.441.